The largest absolute Gasteiger partial charge is 0.376 e. The van der Waals surface area contributed by atoms with E-state index in [-0.39, 0.29) is 5.69 Å². The summed E-state index contributed by atoms with van der Waals surface area (Å²) in [6, 6.07) is 17.3. The molecular weight excluding hydrogens is 430 g/mol. The first kappa shape index (κ1) is 21.3. The minimum absolute atomic E-state index is 0.0311. The van der Waals surface area contributed by atoms with E-state index in [1.54, 1.807) is 24.3 Å². The Bertz CT molecular complexity index is 1470. The Morgan fingerprint density at radius 1 is 0.969 bits per heavy atom. The van der Waals surface area contributed by atoms with E-state index in [2.05, 4.69) is 15.0 Å². The maximum absolute atomic E-state index is 11.6. The Kier molecular flexibility index (Phi) is 5.31. The van der Waals surface area contributed by atoms with Crippen LogP contribution >= 0.6 is 0 Å². The third kappa shape index (κ3) is 4.26. The van der Waals surface area contributed by atoms with Crippen molar-refractivity contribution in [3.05, 3.63) is 70.8 Å². The lowest BCUT2D eigenvalue weighted by Crippen LogP contribution is -2.14. The molecule has 0 radical (unpaired) electrons. The van der Waals surface area contributed by atoms with Crippen LogP contribution in [0, 0.1) is 10.1 Å². The van der Waals surface area contributed by atoms with E-state index in [1.165, 1.54) is 12.1 Å². The topological polar surface area (TPSA) is 117 Å². The van der Waals surface area contributed by atoms with Crippen LogP contribution in [0.4, 0.5) is 28.4 Å². The Balaban J connectivity index is 1.90. The van der Waals surface area contributed by atoms with Gasteiger partial charge in [0, 0.05) is 37.0 Å². The molecule has 2 N–H and O–H groups in total. The molecule has 4 aromatic rings. The molecule has 0 amide bonds. The monoisotopic (exact) mass is 451 g/mol. The number of rotatable bonds is 6. The average molecular weight is 452 g/mol. The summed E-state index contributed by atoms with van der Waals surface area (Å²) in [5.74, 6) is 0. The van der Waals surface area contributed by atoms with Gasteiger partial charge in [0.15, 0.2) is 0 Å². The number of aromatic nitrogens is 1. The number of pyridine rings is 1. The summed E-state index contributed by atoms with van der Waals surface area (Å²) >= 11 is 0. The molecule has 0 fully saturated rings. The van der Waals surface area contributed by atoms with Crippen LogP contribution in [0.15, 0.2) is 60.7 Å². The Labute approximate surface area is 184 Å². The lowest BCUT2D eigenvalue weighted by Gasteiger charge is -2.21. The van der Waals surface area contributed by atoms with E-state index < -0.39 is 14.9 Å². The van der Waals surface area contributed by atoms with E-state index in [9.17, 15) is 18.5 Å². The highest BCUT2D eigenvalue weighted by Crippen LogP contribution is 2.38. The average Bonchev–Trinajstić information content (AvgIpc) is 2.72. The fourth-order valence-electron chi connectivity index (χ4n) is 3.55. The quantitative estimate of drug-likeness (QED) is 0.252. The number of nitro groups is 1. The standard InChI is InChI=1S/C22H21N5O4S/c1-26(2)21-12-14(25-32(3,30)31)8-11-19(21)24-22-16-6-4-5-7-18(16)23-20-13-15(27(28)29)9-10-17(20)22/h4-13,25H,1-3H3,(H,23,24). The molecule has 10 heteroatoms. The Hall–Kier alpha value is -3.92. The molecule has 0 aliphatic carbocycles. The maximum atomic E-state index is 11.6. The number of nitrogens with one attached hydrogen (secondary N) is 2. The molecule has 0 aliphatic rings. The predicted octanol–water partition coefficient (Wildman–Crippen LogP) is 4.48. The molecule has 9 nitrogen and oxygen atoms in total. The molecule has 4 rings (SSSR count). The lowest BCUT2D eigenvalue weighted by molar-refractivity contribution is -0.384. The van der Waals surface area contributed by atoms with Crippen molar-refractivity contribution in [3.8, 4) is 0 Å². The zero-order valence-electron chi connectivity index (χ0n) is 17.7. The highest BCUT2D eigenvalue weighted by Gasteiger charge is 2.16. The molecule has 1 aromatic heterocycles. The van der Waals surface area contributed by atoms with Crippen molar-refractivity contribution in [1.82, 2.24) is 4.98 Å². The molecule has 0 spiro atoms. The van der Waals surface area contributed by atoms with E-state index in [4.69, 9.17) is 0 Å². The van der Waals surface area contributed by atoms with Gasteiger partial charge < -0.3 is 10.2 Å². The van der Waals surface area contributed by atoms with Crippen molar-refractivity contribution in [1.29, 1.82) is 0 Å². The zero-order valence-corrected chi connectivity index (χ0v) is 18.5. The highest BCUT2D eigenvalue weighted by atomic mass is 32.2. The summed E-state index contributed by atoms with van der Waals surface area (Å²) in [7, 11) is 0.304. The smallest absolute Gasteiger partial charge is 0.271 e. The van der Waals surface area contributed by atoms with Gasteiger partial charge in [-0.1, -0.05) is 18.2 Å². The van der Waals surface area contributed by atoms with Crippen molar-refractivity contribution >= 4 is 60.3 Å². The third-order valence-corrected chi connectivity index (χ3v) is 5.52. The Morgan fingerprint density at radius 3 is 2.38 bits per heavy atom. The van der Waals surface area contributed by atoms with Gasteiger partial charge in [0.25, 0.3) is 5.69 Å². The van der Waals surface area contributed by atoms with Gasteiger partial charge in [0.2, 0.25) is 10.0 Å². The number of hydrogen-bond acceptors (Lipinski definition) is 7. The molecule has 0 saturated carbocycles. The second-order valence-electron chi connectivity index (χ2n) is 7.59. The van der Waals surface area contributed by atoms with Crippen LogP contribution in [0.1, 0.15) is 0 Å². The summed E-state index contributed by atoms with van der Waals surface area (Å²) in [5, 5.41) is 16.3. The summed E-state index contributed by atoms with van der Waals surface area (Å²) in [6.07, 6.45) is 1.10. The summed E-state index contributed by atoms with van der Waals surface area (Å²) in [6.45, 7) is 0. The minimum atomic E-state index is -3.41. The third-order valence-electron chi connectivity index (χ3n) is 4.92. The SMILES string of the molecule is CN(C)c1cc(NS(C)(=O)=O)ccc1Nc1c2ccccc2nc2cc([N+](=O)[O-])ccc12. The summed E-state index contributed by atoms with van der Waals surface area (Å²) < 4.78 is 25.7. The van der Waals surface area contributed by atoms with Crippen LogP contribution in [0.3, 0.4) is 0 Å². The number of hydrogen-bond donors (Lipinski definition) is 2. The molecule has 0 bridgehead atoms. The summed E-state index contributed by atoms with van der Waals surface area (Å²) in [4.78, 5) is 17.3. The number of sulfonamides is 1. The number of non-ortho nitro benzene ring substituents is 1. The molecular formula is C22H21N5O4S. The number of nitrogens with zero attached hydrogens (tertiary/aromatic N) is 3. The predicted molar refractivity (Wildman–Crippen MR) is 128 cm³/mol. The number of anilines is 4. The molecule has 3 aromatic carbocycles. The Morgan fingerprint density at radius 2 is 1.69 bits per heavy atom. The van der Waals surface area contributed by atoms with Crippen molar-refractivity contribution in [2.45, 2.75) is 0 Å². The van der Waals surface area contributed by atoms with Crippen molar-refractivity contribution < 1.29 is 13.3 Å². The number of nitro benzene ring substituents is 1. The first-order valence-corrected chi connectivity index (χ1v) is 11.5. The van der Waals surface area contributed by atoms with Crippen LogP contribution in [0.5, 0.6) is 0 Å². The first-order valence-electron chi connectivity index (χ1n) is 9.65. The lowest BCUT2D eigenvalue weighted by atomic mass is 10.1. The molecule has 0 unspecified atom stereocenters. The van der Waals surface area contributed by atoms with E-state index >= 15 is 0 Å². The molecule has 0 aliphatic heterocycles. The van der Waals surface area contributed by atoms with E-state index in [0.717, 1.165) is 34.1 Å². The zero-order chi connectivity index (χ0) is 23.0. The van der Waals surface area contributed by atoms with Crippen LogP contribution in [-0.4, -0.2) is 38.7 Å². The molecule has 0 saturated heterocycles. The highest BCUT2D eigenvalue weighted by molar-refractivity contribution is 7.92. The fraction of sp³-hybridized carbons (Fsp3) is 0.136. The van der Waals surface area contributed by atoms with Crippen LogP contribution < -0.4 is 14.9 Å². The second-order valence-corrected chi connectivity index (χ2v) is 9.34. The normalized spacial score (nSPS) is 11.5. The maximum Gasteiger partial charge on any atom is 0.271 e. The van der Waals surface area contributed by atoms with Gasteiger partial charge in [-0.05, 0) is 30.3 Å². The van der Waals surface area contributed by atoms with Crippen molar-refractivity contribution in [3.63, 3.8) is 0 Å². The van der Waals surface area contributed by atoms with E-state index in [0.29, 0.717) is 16.7 Å². The molecule has 164 valence electrons. The van der Waals surface area contributed by atoms with Crippen LogP contribution in [0.25, 0.3) is 21.8 Å². The number of fused-ring (bicyclic) bond motifs is 2. The van der Waals surface area contributed by atoms with Crippen LogP contribution in [-0.2, 0) is 10.0 Å². The number of benzene rings is 3. The fourth-order valence-corrected chi connectivity index (χ4v) is 4.10. The summed E-state index contributed by atoms with van der Waals surface area (Å²) in [5.41, 5.74) is 3.87. The van der Waals surface area contributed by atoms with Crippen LogP contribution in [0.2, 0.25) is 0 Å². The van der Waals surface area contributed by atoms with Crippen molar-refractivity contribution in [2.75, 3.05) is 35.3 Å². The van der Waals surface area contributed by atoms with Gasteiger partial charge in [-0.2, -0.15) is 0 Å². The molecule has 32 heavy (non-hydrogen) atoms. The van der Waals surface area contributed by atoms with Gasteiger partial charge in [0.05, 0.1) is 45.0 Å². The molecule has 1 heterocycles. The van der Waals surface area contributed by atoms with E-state index in [1.807, 2.05) is 43.3 Å². The van der Waals surface area contributed by atoms with Gasteiger partial charge >= 0.3 is 0 Å². The number of para-hydroxylation sites is 1. The van der Waals surface area contributed by atoms with Crippen molar-refractivity contribution in [2.24, 2.45) is 0 Å². The molecule has 0 atom stereocenters. The first-order chi connectivity index (χ1) is 15.1. The minimum Gasteiger partial charge on any atom is -0.376 e. The second kappa shape index (κ2) is 7.97. The van der Waals surface area contributed by atoms with Gasteiger partial charge in [-0.3, -0.25) is 14.8 Å². The van der Waals surface area contributed by atoms with Gasteiger partial charge in [-0.25, -0.2) is 13.4 Å². The van der Waals surface area contributed by atoms with Gasteiger partial charge in [-0.15, -0.1) is 0 Å². The van der Waals surface area contributed by atoms with Gasteiger partial charge in [0.1, 0.15) is 0 Å².